The molecule has 0 saturated heterocycles. The van der Waals surface area contributed by atoms with Crippen LogP contribution in [0.3, 0.4) is 0 Å². The number of imidazole rings is 1. The number of hydrogen-bond donors (Lipinski definition) is 0. The second-order valence-electron chi connectivity index (χ2n) is 7.80. The summed E-state index contributed by atoms with van der Waals surface area (Å²) in [5.41, 5.74) is 1.80. The van der Waals surface area contributed by atoms with Crippen molar-refractivity contribution in [1.82, 2.24) is 9.55 Å². The van der Waals surface area contributed by atoms with Crippen molar-refractivity contribution in [2.24, 2.45) is 7.05 Å². The number of aryl methyl sites for hydroxylation is 2. The molecule has 0 aliphatic rings. The largest absolute Gasteiger partial charge is 0.502 e. The number of ether oxygens (including phenoxy) is 3. The van der Waals surface area contributed by atoms with E-state index in [2.05, 4.69) is 4.98 Å². The van der Waals surface area contributed by atoms with Gasteiger partial charge >= 0.3 is 18.0 Å². The molecule has 9 heteroatoms. The Hall–Kier alpha value is -4.27. The Kier molecular flexibility index (Phi) is 6.77. The van der Waals surface area contributed by atoms with Crippen molar-refractivity contribution in [2.75, 3.05) is 0 Å². The summed E-state index contributed by atoms with van der Waals surface area (Å²) in [6, 6.07) is 19.8. The van der Waals surface area contributed by atoms with Gasteiger partial charge in [0.25, 0.3) is 0 Å². The zero-order valence-corrected chi connectivity index (χ0v) is 19.0. The van der Waals surface area contributed by atoms with E-state index in [9.17, 15) is 18.4 Å². The lowest BCUT2D eigenvalue weighted by molar-refractivity contribution is -0.218. The molecular weight excluding hydrogens is 458 g/mol. The molecule has 35 heavy (non-hydrogen) atoms. The molecule has 3 aromatic carbocycles. The third-order valence-corrected chi connectivity index (χ3v) is 5.33. The smallest absolute Gasteiger partial charge is 0.457 e. The minimum absolute atomic E-state index is 0.0723. The zero-order chi connectivity index (χ0) is 25.0. The van der Waals surface area contributed by atoms with Crippen LogP contribution in [0.4, 0.5) is 8.78 Å². The summed E-state index contributed by atoms with van der Waals surface area (Å²) >= 11 is 0. The lowest BCUT2D eigenvalue weighted by atomic mass is 10.1. The van der Waals surface area contributed by atoms with Gasteiger partial charge in [0.05, 0.1) is 11.0 Å². The number of rotatable bonds is 8. The fourth-order valence-electron chi connectivity index (χ4n) is 3.37. The van der Waals surface area contributed by atoms with Gasteiger partial charge in [-0.25, -0.2) is 14.6 Å². The number of benzene rings is 3. The van der Waals surface area contributed by atoms with Crippen LogP contribution >= 0.6 is 0 Å². The maximum absolute atomic E-state index is 14.7. The van der Waals surface area contributed by atoms with E-state index in [0.29, 0.717) is 22.4 Å². The van der Waals surface area contributed by atoms with Crippen LogP contribution in [0.15, 0.2) is 72.8 Å². The molecule has 1 heterocycles. The van der Waals surface area contributed by atoms with Crippen LogP contribution in [0, 0.1) is 6.92 Å². The lowest BCUT2D eigenvalue weighted by Crippen LogP contribution is -2.37. The van der Waals surface area contributed by atoms with E-state index in [4.69, 9.17) is 14.2 Å². The predicted molar refractivity (Wildman–Crippen MR) is 123 cm³/mol. The van der Waals surface area contributed by atoms with Crippen LogP contribution in [0.25, 0.3) is 11.0 Å². The first-order chi connectivity index (χ1) is 16.7. The van der Waals surface area contributed by atoms with Gasteiger partial charge in [0.15, 0.2) is 0 Å². The Morgan fingerprint density at radius 1 is 0.914 bits per heavy atom. The molecule has 0 aliphatic carbocycles. The first-order valence-corrected chi connectivity index (χ1v) is 10.7. The van der Waals surface area contributed by atoms with Crippen LogP contribution in [0.2, 0.25) is 0 Å². The van der Waals surface area contributed by atoms with Gasteiger partial charge in [-0.05, 0) is 24.1 Å². The van der Waals surface area contributed by atoms with Gasteiger partial charge in [0, 0.05) is 13.1 Å². The molecule has 0 aliphatic heterocycles. The monoisotopic (exact) mass is 480 g/mol. The standard InChI is InChI=1S/C26H22F2N2O5/c1-17-29-21-14-23(35-26(27,28)25(32)34-16-19-11-7-4-8-12-19)20(13-22(21)30(17)2)24(31)33-15-18-9-5-3-6-10-18/h3-14H,15-16H2,1-2H3. The van der Waals surface area contributed by atoms with E-state index in [1.54, 1.807) is 73.1 Å². The first-order valence-electron chi connectivity index (χ1n) is 10.7. The molecule has 180 valence electrons. The zero-order valence-electron chi connectivity index (χ0n) is 19.0. The number of alkyl halides is 2. The number of nitrogens with zero attached hydrogens (tertiary/aromatic N) is 2. The quantitative estimate of drug-likeness (QED) is 0.332. The van der Waals surface area contributed by atoms with E-state index in [1.807, 2.05) is 6.07 Å². The van der Waals surface area contributed by atoms with Crippen molar-refractivity contribution in [1.29, 1.82) is 0 Å². The second-order valence-corrected chi connectivity index (χ2v) is 7.80. The van der Waals surface area contributed by atoms with Crippen LogP contribution in [0.5, 0.6) is 5.75 Å². The number of hydrogen-bond acceptors (Lipinski definition) is 6. The Labute approximate surface area is 199 Å². The average Bonchev–Trinajstić information content (AvgIpc) is 3.13. The minimum atomic E-state index is -4.36. The number of carbonyl (C=O) groups excluding carboxylic acids is 2. The number of esters is 2. The number of fused-ring (bicyclic) bond motifs is 1. The fourth-order valence-corrected chi connectivity index (χ4v) is 3.37. The maximum Gasteiger partial charge on any atom is 0.502 e. The molecule has 0 saturated carbocycles. The van der Waals surface area contributed by atoms with E-state index >= 15 is 0 Å². The van der Waals surface area contributed by atoms with E-state index in [1.165, 1.54) is 12.1 Å². The van der Waals surface area contributed by atoms with Gasteiger partial charge in [-0.3, -0.25) is 0 Å². The Bertz CT molecular complexity index is 1350. The molecule has 0 atom stereocenters. The molecule has 0 spiro atoms. The summed E-state index contributed by atoms with van der Waals surface area (Å²) in [6.07, 6.45) is -4.36. The predicted octanol–water partition coefficient (Wildman–Crippen LogP) is 4.95. The molecule has 1 aromatic heterocycles. The van der Waals surface area contributed by atoms with Crippen LogP contribution in [0.1, 0.15) is 27.3 Å². The summed E-state index contributed by atoms with van der Waals surface area (Å²) in [6.45, 7) is 1.30. The summed E-state index contributed by atoms with van der Waals surface area (Å²) in [5, 5.41) is 0. The highest BCUT2D eigenvalue weighted by molar-refractivity contribution is 5.97. The molecule has 0 radical (unpaired) electrons. The normalized spacial score (nSPS) is 11.3. The van der Waals surface area contributed by atoms with Crippen LogP contribution in [-0.4, -0.2) is 27.6 Å². The van der Waals surface area contributed by atoms with E-state index < -0.39 is 23.8 Å². The Morgan fingerprint density at radius 2 is 1.49 bits per heavy atom. The van der Waals surface area contributed by atoms with Crippen molar-refractivity contribution >= 4 is 23.0 Å². The molecule has 0 fully saturated rings. The van der Waals surface area contributed by atoms with Crippen molar-refractivity contribution in [3.05, 3.63) is 95.3 Å². The molecule has 4 aromatic rings. The van der Waals surface area contributed by atoms with E-state index in [-0.39, 0.29) is 18.8 Å². The molecule has 0 amide bonds. The minimum Gasteiger partial charge on any atom is -0.457 e. The average molecular weight is 480 g/mol. The highest BCUT2D eigenvalue weighted by Crippen LogP contribution is 2.32. The molecule has 0 unspecified atom stereocenters. The van der Waals surface area contributed by atoms with E-state index in [0.717, 1.165) is 5.56 Å². The van der Waals surface area contributed by atoms with Crippen molar-refractivity contribution in [3.8, 4) is 5.75 Å². The first kappa shape index (κ1) is 23.9. The molecular formula is C26H22F2N2O5. The van der Waals surface area contributed by atoms with Gasteiger partial charge in [0.2, 0.25) is 0 Å². The second kappa shape index (κ2) is 9.92. The summed E-state index contributed by atoms with van der Waals surface area (Å²) in [5.74, 6) is -2.73. The maximum atomic E-state index is 14.7. The van der Waals surface area contributed by atoms with Crippen molar-refractivity contribution in [2.45, 2.75) is 26.2 Å². The fraction of sp³-hybridized carbons (Fsp3) is 0.192. The molecule has 4 rings (SSSR count). The number of carbonyl (C=O) groups is 2. The summed E-state index contributed by atoms with van der Waals surface area (Å²) in [7, 11) is 1.72. The number of halogens is 2. The third-order valence-electron chi connectivity index (χ3n) is 5.33. The topological polar surface area (TPSA) is 79.7 Å². The lowest BCUT2D eigenvalue weighted by Gasteiger charge is -2.18. The molecule has 0 N–H and O–H groups in total. The van der Waals surface area contributed by atoms with Crippen LogP contribution < -0.4 is 4.74 Å². The highest BCUT2D eigenvalue weighted by atomic mass is 19.3. The Morgan fingerprint density at radius 3 is 2.09 bits per heavy atom. The number of aromatic nitrogens is 2. The summed E-state index contributed by atoms with van der Waals surface area (Å²) in [4.78, 5) is 29.3. The van der Waals surface area contributed by atoms with Gasteiger partial charge < -0.3 is 18.8 Å². The van der Waals surface area contributed by atoms with Crippen LogP contribution in [-0.2, 0) is 34.5 Å². The van der Waals surface area contributed by atoms with Gasteiger partial charge in [-0.1, -0.05) is 60.7 Å². The van der Waals surface area contributed by atoms with Crippen molar-refractivity contribution in [3.63, 3.8) is 0 Å². The van der Waals surface area contributed by atoms with Gasteiger partial charge in [-0.15, -0.1) is 0 Å². The van der Waals surface area contributed by atoms with Gasteiger partial charge in [-0.2, -0.15) is 8.78 Å². The SMILES string of the molecule is Cc1nc2cc(OC(F)(F)C(=O)OCc3ccccc3)c(C(=O)OCc3ccccc3)cc2n1C. The Balaban J connectivity index is 1.59. The molecule has 0 bridgehead atoms. The highest BCUT2D eigenvalue weighted by Gasteiger charge is 2.45. The third kappa shape index (κ3) is 5.46. The molecule has 7 nitrogen and oxygen atoms in total. The summed E-state index contributed by atoms with van der Waals surface area (Å²) < 4.78 is 45.9. The van der Waals surface area contributed by atoms with Gasteiger partial charge in [0.1, 0.15) is 30.4 Å². The van der Waals surface area contributed by atoms with Crippen molar-refractivity contribution < 1.29 is 32.6 Å².